The molecule has 1 aromatic carbocycles. The van der Waals surface area contributed by atoms with Gasteiger partial charge in [-0.05, 0) is 43.2 Å². The summed E-state index contributed by atoms with van der Waals surface area (Å²) < 4.78 is 16.3. The van der Waals surface area contributed by atoms with Crippen LogP contribution >= 0.6 is 0 Å². The molecule has 0 saturated carbocycles. The monoisotopic (exact) mass is 434 g/mol. The number of methoxy groups -OCH3 is 2. The highest BCUT2D eigenvalue weighted by Crippen LogP contribution is 2.28. The molecular formula is C24H26N4O4. The molecule has 2 N–H and O–H groups in total. The number of H-pyrrole nitrogens is 1. The molecule has 1 atom stereocenters. The van der Waals surface area contributed by atoms with Crippen LogP contribution in [0.25, 0.3) is 17.1 Å². The number of hydrogen-bond acceptors (Lipinski definition) is 6. The van der Waals surface area contributed by atoms with Crippen LogP contribution in [0.1, 0.15) is 31.4 Å². The van der Waals surface area contributed by atoms with E-state index in [0.717, 1.165) is 17.4 Å². The Morgan fingerprint density at radius 3 is 2.75 bits per heavy atom. The van der Waals surface area contributed by atoms with Gasteiger partial charge in [-0.25, -0.2) is 4.98 Å². The highest BCUT2D eigenvalue weighted by Gasteiger charge is 2.13. The Labute approximate surface area is 186 Å². The van der Waals surface area contributed by atoms with E-state index in [2.05, 4.69) is 15.3 Å². The third kappa shape index (κ3) is 5.19. The Bertz CT molecular complexity index is 1180. The number of carbonyl (C=O) groups excluding carboxylic acids is 1. The second-order valence-electron chi connectivity index (χ2n) is 7.19. The Balaban J connectivity index is 1.78. The lowest BCUT2D eigenvalue weighted by Gasteiger charge is -2.12. The smallest absolute Gasteiger partial charge is 0.262 e. The molecule has 0 radical (unpaired) electrons. The molecule has 0 spiro atoms. The van der Waals surface area contributed by atoms with Crippen molar-refractivity contribution in [2.45, 2.75) is 32.9 Å². The molecule has 0 bridgehead atoms. The van der Waals surface area contributed by atoms with Crippen LogP contribution in [0.5, 0.6) is 17.2 Å². The molecule has 0 aliphatic carbocycles. The summed E-state index contributed by atoms with van der Waals surface area (Å²) in [4.78, 5) is 20.0. The molecule has 0 saturated heterocycles. The number of rotatable bonds is 9. The Morgan fingerprint density at radius 2 is 2.06 bits per heavy atom. The van der Waals surface area contributed by atoms with Gasteiger partial charge in [-0.3, -0.25) is 4.79 Å². The molecule has 32 heavy (non-hydrogen) atoms. The van der Waals surface area contributed by atoms with Crippen LogP contribution in [0.15, 0.2) is 42.2 Å². The number of fused-ring (bicyclic) bond motifs is 1. The first-order valence-electron chi connectivity index (χ1n) is 10.2. The van der Waals surface area contributed by atoms with Crippen LogP contribution in [0.2, 0.25) is 0 Å². The summed E-state index contributed by atoms with van der Waals surface area (Å²) in [5.74, 6) is 1.33. The fourth-order valence-electron chi connectivity index (χ4n) is 3.08. The van der Waals surface area contributed by atoms with Crippen molar-refractivity contribution in [1.29, 1.82) is 5.26 Å². The maximum atomic E-state index is 12.6. The van der Waals surface area contributed by atoms with Crippen LogP contribution in [0, 0.1) is 11.3 Å². The van der Waals surface area contributed by atoms with Crippen molar-refractivity contribution in [3.8, 4) is 23.3 Å². The summed E-state index contributed by atoms with van der Waals surface area (Å²) in [5.41, 5.74) is 2.13. The summed E-state index contributed by atoms with van der Waals surface area (Å²) in [5, 5.41) is 13.1. The summed E-state index contributed by atoms with van der Waals surface area (Å²) in [7, 11) is 3.11. The minimum absolute atomic E-state index is 0.0142. The lowest BCUT2D eigenvalue weighted by Crippen LogP contribution is -2.24. The molecule has 8 nitrogen and oxygen atoms in total. The molecule has 2 aromatic heterocycles. The first kappa shape index (κ1) is 22.7. The molecule has 2 heterocycles. The van der Waals surface area contributed by atoms with Crippen molar-refractivity contribution in [1.82, 2.24) is 15.3 Å². The highest BCUT2D eigenvalue weighted by molar-refractivity contribution is 6.03. The summed E-state index contributed by atoms with van der Waals surface area (Å²) >= 11 is 0. The molecule has 0 fully saturated rings. The molecule has 0 aliphatic rings. The topological polar surface area (TPSA) is 109 Å². The van der Waals surface area contributed by atoms with E-state index in [4.69, 9.17) is 14.2 Å². The molecule has 3 aromatic rings. The first-order valence-corrected chi connectivity index (χ1v) is 10.2. The van der Waals surface area contributed by atoms with Crippen LogP contribution in [0.3, 0.4) is 0 Å². The number of nitriles is 1. The number of aromatic nitrogens is 2. The van der Waals surface area contributed by atoms with Crippen LogP contribution in [-0.2, 0) is 11.3 Å². The van der Waals surface area contributed by atoms with E-state index in [1.54, 1.807) is 38.7 Å². The number of pyridine rings is 1. The average molecular weight is 434 g/mol. The van der Waals surface area contributed by atoms with E-state index in [1.165, 1.54) is 6.08 Å². The summed E-state index contributed by atoms with van der Waals surface area (Å²) in [6, 6.07) is 9.19. The van der Waals surface area contributed by atoms with Crippen molar-refractivity contribution < 1.29 is 19.0 Å². The van der Waals surface area contributed by atoms with Gasteiger partial charge in [-0.2, -0.15) is 5.26 Å². The van der Waals surface area contributed by atoms with E-state index < -0.39 is 5.91 Å². The predicted octanol–water partition coefficient (Wildman–Crippen LogP) is 3.98. The largest absolute Gasteiger partial charge is 0.493 e. The molecule has 3 rings (SSSR count). The van der Waals surface area contributed by atoms with Crippen molar-refractivity contribution in [2.24, 2.45) is 0 Å². The fraction of sp³-hybridized carbons (Fsp3) is 0.292. The predicted molar refractivity (Wildman–Crippen MR) is 121 cm³/mol. The van der Waals surface area contributed by atoms with Gasteiger partial charge in [-0.15, -0.1) is 0 Å². The number of nitrogens with one attached hydrogen (secondary N) is 2. The first-order chi connectivity index (χ1) is 15.5. The van der Waals surface area contributed by atoms with Gasteiger partial charge in [0.25, 0.3) is 5.91 Å². The van der Waals surface area contributed by atoms with E-state index >= 15 is 0 Å². The van der Waals surface area contributed by atoms with Crippen LogP contribution in [-0.4, -0.2) is 36.2 Å². The number of amides is 1. The lowest BCUT2D eigenvalue weighted by atomic mass is 10.1. The zero-order valence-electron chi connectivity index (χ0n) is 18.6. The minimum Gasteiger partial charge on any atom is -0.493 e. The SMILES string of the molecule is CC[C@H](C)Oc1cnc2[nH]cc(/C=C(\C#N)C(=O)NCc3ccc(OC)c(OC)c3)c2c1. The maximum Gasteiger partial charge on any atom is 0.262 e. The number of aromatic amines is 1. The van der Waals surface area contributed by atoms with Gasteiger partial charge in [0.1, 0.15) is 23.0 Å². The van der Waals surface area contributed by atoms with E-state index in [1.807, 2.05) is 32.0 Å². The number of hydrogen-bond donors (Lipinski definition) is 2. The third-order valence-corrected chi connectivity index (χ3v) is 5.02. The van der Waals surface area contributed by atoms with Gasteiger partial charge < -0.3 is 24.5 Å². The number of carbonyl (C=O) groups is 1. The summed E-state index contributed by atoms with van der Waals surface area (Å²) in [6.45, 7) is 4.26. The highest BCUT2D eigenvalue weighted by atomic mass is 16.5. The second-order valence-corrected chi connectivity index (χ2v) is 7.19. The van der Waals surface area contributed by atoms with Crippen molar-refractivity contribution in [3.63, 3.8) is 0 Å². The molecule has 1 amide bonds. The maximum absolute atomic E-state index is 12.6. The molecule has 8 heteroatoms. The third-order valence-electron chi connectivity index (χ3n) is 5.02. The lowest BCUT2D eigenvalue weighted by molar-refractivity contribution is -0.117. The molecule has 0 unspecified atom stereocenters. The Morgan fingerprint density at radius 1 is 1.28 bits per heavy atom. The Kier molecular flexibility index (Phi) is 7.34. The summed E-state index contributed by atoms with van der Waals surface area (Å²) in [6.07, 6.45) is 5.83. The van der Waals surface area contributed by atoms with Gasteiger partial charge in [-0.1, -0.05) is 13.0 Å². The van der Waals surface area contributed by atoms with Gasteiger partial charge >= 0.3 is 0 Å². The average Bonchev–Trinajstić information content (AvgIpc) is 3.22. The van der Waals surface area contributed by atoms with Crippen LogP contribution < -0.4 is 19.5 Å². The van der Waals surface area contributed by atoms with Crippen molar-refractivity contribution in [3.05, 3.63) is 53.4 Å². The second kappa shape index (κ2) is 10.4. The zero-order valence-corrected chi connectivity index (χ0v) is 18.6. The number of benzene rings is 1. The standard InChI is InChI=1S/C24H26N4O4/c1-5-15(2)32-19-10-20-18(13-26-23(20)27-14-19)9-17(11-25)24(29)28-12-16-6-7-21(30-3)22(8-16)31-4/h6-10,13-15H,5,12H2,1-4H3,(H,26,27)(H,28,29)/b17-9+/t15-/m0/s1. The van der Waals surface area contributed by atoms with Crippen molar-refractivity contribution in [2.75, 3.05) is 14.2 Å². The van der Waals surface area contributed by atoms with E-state index in [9.17, 15) is 10.1 Å². The fourth-order valence-corrected chi connectivity index (χ4v) is 3.08. The van der Waals surface area contributed by atoms with Gasteiger partial charge in [0.05, 0.1) is 26.5 Å². The number of ether oxygens (including phenoxy) is 3. The molecule has 166 valence electrons. The van der Waals surface area contributed by atoms with Gasteiger partial charge in [0.15, 0.2) is 11.5 Å². The number of nitrogens with zero attached hydrogens (tertiary/aromatic N) is 2. The van der Waals surface area contributed by atoms with Gasteiger partial charge in [0.2, 0.25) is 0 Å². The van der Waals surface area contributed by atoms with Crippen LogP contribution in [0.4, 0.5) is 0 Å². The van der Waals surface area contributed by atoms with E-state index in [0.29, 0.717) is 28.5 Å². The van der Waals surface area contributed by atoms with E-state index in [-0.39, 0.29) is 18.2 Å². The molecular weight excluding hydrogens is 408 g/mol. The minimum atomic E-state index is -0.475. The van der Waals surface area contributed by atoms with Gasteiger partial charge in [0, 0.05) is 23.7 Å². The quantitative estimate of drug-likeness (QED) is 0.389. The molecule has 0 aliphatic heterocycles. The normalized spacial score (nSPS) is 12.2. The zero-order chi connectivity index (χ0) is 23.1. The van der Waals surface area contributed by atoms with Crippen molar-refractivity contribution >= 4 is 23.0 Å². The Hall–Kier alpha value is -3.99.